The minimum absolute atomic E-state index is 0.473. The maximum atomic E-state index is 12.5. The van der Waals surface area contributed by atoms with Crippen molar-refractivity contribution in [2.24, 2.45) is 0 Å². The van der Waals surface area contributed by atoms with Crippen molar-refractivity contribution in [3.63, 3.8) is 0 Å². The molecule has 0 saturated heterocycles. The van der Waals surface area contributed by atoms with Gasteiger partial charge in [0, 0.05) is 29.3 Å². The molecule has 0 amide bonds. The van der Waals surface area contributed by atoms with Crippen molar-refractivity contribution in [2.75, 3.05) is 4.72 Å². The van der Waals surface area contributed by atoms with Gasteiger partial charge in [-0.05, 0) is 43.7 Å². The van der Waals surface area contributed by atoms with Gasteiger partial charge in [0.1, 0.15) is 0 Å². The molecule has 1 N–H and O–H groups in total. The number of fused-ring (bicyclic) bond motifs is 1. The highest BCUT2D eigenvalue weighted by atomic mass is 32.2. The zero-order valence-electron chi connectivity index (χ0n) is 16.1. The molecule has 0 bridgehead atoms. The Morgan fingerprint density at radius 2 is 1.83 bits per heavy atom. The van der Waals surface area contributed by atoms with E-state index in [4.69, 9.17) is 0 Å². The van der Waals surface area contributed by atoms with Crippen LogP contribution in [0.4, 0.5) is 5.69 Å². The average molecular weight is 404 g/mol. The molecule has 0 aliphatic rings. The van der Waals surface area contributed by atoms with Crippen LogP contribution in [0.15, 0.2) is 72.4 Å². The molecule has 0 saturated carbocycles. The first-order valence-electron chi connectivity index (χ1n) is 9.09. The van der Waals surface area contributed by atoms with E-state index in [0.717, 1.165) is 28.1 Å². The van der Waals surface area contributed by atoms with Gasteiger partial charge in [0.15, 0.2) is 0 Å². The predicted molar refractivity (Wildman–Crippen MR) is 116 cm³/mol. The van der Waals surface area contributed by atoms with Gasteiger partial charge in [-0.2, -0.15) is 0 Å². The topological polar surface area (TPSA) is 76.4 Å². The molecule has 146 valence electrons. The van der Waals surface area contributed by atoms with E-state index < -0.39 is 10.0 Å². The summed E-state index contributed by atoms with van der Waals surface area (Å²) < 4.78 is 29.4. The summed E-state index contributed by atoms with van der Waals surface area (Å²) in [4.78, 5) is 8.82. The van der Waals surface area contributed by atoms with Crippen LogP contribution < -0.4 is 4.72 Å². The molecule has 0 aliphatic heterocycles. The van der Waals surface area contributed by atoms with Crippen molar-refractivity contribution in [2.45, 2.75) is 13.8 Å². The lowest BCUT2D eigenvalue weighted by atomic mass is 10.1. The third-order valence-electron chi connectivity index (χ3n) is 4.56. The summed E-state index contributed by atoms with van der Waals surface area (Å²) in [6, 6.07) is 16.7. The molecule has 7 heteroatoms. The molecule has 0 fully saturated rings. The lowest BCUT2D eigenvalue weighted by Gasteiger charge is -2.07. The largest absolute Gasteiger partial charge is 0.288 e. The number of nitrogens with zero attached hydrogens (tertiary/aromatic N) is 3. The van der Waals surface area contributed by atoms with Gasteiger partial charge >= 0.3 is 0 Å². The smallest absolute Gasteiger partial charge is 0.255 e. The molecule has 2 aromatic heterocycles. The first-order chi connectivity index (χ1) is 13.9. The number of rotatable bonds is 5. The lowest BCUT2D eigenvalue weighted by molar-refractivity contribution is 0.609. The second kappa shape index (κ2) is 7.52. The molecule has 2 heterocycles. The zero-order chi connectivity index (χ0) is 20.4. The molecule has 4 aromatic rings. The fraction of sp³-hybridized carbons (Fsp3) is 0.0909. The second-order valence-electron chi connectivity index (χ2n) is 6.78. The lowest BCUT2D eigenvalue weighted by Crippen LogP contribution is -2.08. The van der Waals surface area contributed by atoms with E-state index >= 15 is 0 Å². The Labute approximate surface area is 169 Å². The second-order valence-corrected chi connectivity index (χ2v) is 8.34. The van der Waals surface area contributed by atoms with E-state index in [9.17, 15) is 8.42 Å². The van der Waals surface area contributed by atoms with Crippen LogP contribution in [-0.4, -0.2) is 22.8 Å². The van der Waals surface area contributed by atoms with Gasteiger partial charge in [0.2, 0.25) is 5.78 Å². The van der Waals surface area contributed by atoms with E-state index in [1.807, 2.05) is 60.8 Å². The van der Waals surface area contributed by atoms with Crippen LogP contribution in [0.5, 0.6) is 0 Å². The van der Waals surface area contributed by atoms with Crippen LogP contribution in [0, 0.1) is 13.8 Å². The van der Waals surface area contributed by atoms with E-state index in [1.54, 1.807) is 30.5 Å². The molecule has 29 heavy (non-hydrogen) atoms. The molecule has 6 nitrogen and oxygen atoms in total. The number of benzene rings is 2. The highest BCUT2D eigenvalue weighted by Crippen LogP contribution is 2.26. The van der Waals surface area contributed by atoms with Crippen LogP contribution >= 0.6 is 0 Å². The normalized spacial score (nSPS) is 11.9. The zero-order valence-corrected chi connectivity index (χ0v) is 16.9. The van der Waals surface area contributed by atoms with Gasteiger partial charge in [-0.25, -0.2) is 18.4 Å². The van der Waals surface area contributed by atoms with Crippen LogP contribution in [-0.2, 0) is 10.0 Å². The molecule has 0 aliphatic carbocycles. The number of aromatic nitrogens is 3. The number of aryl methyl sites for hydroxylation is 2. The summed E-state index contributed by atoms with van der Waals surface area (Å²) in [6.07, 6.45) is 5.16. The molecular weight excluding hydrogens is 384 g/mol. The molecule has 0 unspecified atom stereocenters. The Morgan fingerprint density at radius 3 is 2.59 bits per heavy atom. The number of hydrogen-bond acceptors (Lipinski definition) is 4. The van der Waals surface area contributed by atoms with Gasteiger partial charge in [0.25, 0.3) is 10.0 Å². The fourth-order valence-electron chi connectivity index (χ4n) is 3.05. The van der Waals surface area contributed by atoms with Crippen molar-refractivity contribution in [3.8, 4) is 11.3 Å². The fourth-order valence-corrected chi connectivity index (χ4v) is 3.91. The van der Waals surface area contributed by atoms with Crippen LogP contribution in [0.2, 0.25) is 0 Å². The highest BCUT2D eigenvalue weighted by molar-refractivity contribution is 7.95. The van der Waals surface area contributed by atoms with E-state index in [1.165, 1.54) is 5.41 Å². The van der Waals surface area contributed by atoms with Crippen molar-refractivity contribution in [1.82, 2.24) is 14.4 Å². The standard InChI is InChI=1S/C22H20N4O2S/c1-16-7-9-18(10-8-16)11-14-29(27,28)25-20-6-3-5-19(15-20)21-17(2)26-13-4-12-23-22(26)24-21/h3-15,25H,1-2H3/b14-11+. The van der Waals surface area contributed by atoms with Gasteiger partial charge < -0.3 is 0 Å². The van der Waals surface area contributed by atoms with Gasteiger partial charge in [-0.15, -0.1) is 0 Å². The first kappa shape index (κ1) is 18.9. The number of anilines is 1. The van der Waals surface area contributed by atoms with Crippen LogP contribution in [0.25, 0.3) is 23.1 Å². The van der Waals surface area contributed by atoms with Gasteiger partial charge in [-0.1, -0.05) is 42.0 Å². The average Bonchev–Trinajstić information content (AvgIpc) is 3.04. The van der Waals surface area contributed by atoms with Crippen molar-refractivity contribution in [3.05, 3.63) is 89.2 Å². The SMILES string of the molecule is Cc1ccc(/C=C/S(=O)(=O)Nc2cccc(-c3nc4ncccn4c3C)c2)cc1. The minimum atomic E-state index is -3.65. The Morgan fingerprint density at radius 1 is 1.03 bits per heavy atom. The summed E-state index contributed by atoms with van der Waals surface area (Å²) in [6.45, 7) is 3.94. The third kappa shape index (κ3) is 4.20. The van der Waals surface area contributed by atoms with Crippen molar-refractivity contribution >= 4 is 27.6 Å². The summed E-state index contributed by atoms with van der Waals surface area (Å²) in [5.74, 6) is 0.604. The number of sulfonamides is 1. The first-order valence-corrected chi connectivity index (χ1v) is 10.6. The molecule has 4 rings (SSSR count). The Balaban J connectivity index is 1.59. The maximum absolute atomic E-state index is 12.5. The van der Waals surface area contributed by atoms with E-state index in [0.29, 0.717) is 11.5 Å². The van der Waals surface area contributed by atoms with E-state index in [-0.39, 0.29) is 0 Å². The number of imidazole rings is 1. The maximum Gasteiger partial charge on any atom is 0.255 e. The summed E-state index contributed by atoms with van der Waals surface area (Å²) >= 11 is 0. The van der Waals surface area contributed by atoms with Gasteiger partial charge in [-0.3, -0.25) is 9.12 Å². The molecular formula is C22H20N4O2S. The predicted octanol–water partition coefficient (Wildman–Crippen LogP) is 4.43. The molecule has 2 aromatic carbocycles. The summed E-state index contributed by atoms with van der Waals surface area (Å²) in [7, 11) is -3.65. The van der Waals surface area contributed by atoms with E-state index in [2.05, 4.69) is 14.7 Å². The summed E-state index contributed by atoms with van der Waals surface area (Å²) in [5.41, 5.74) is 4.93. The molecule has 0 radical (unpaired) electrons. The third-order valence-corrected chi connectivity index (χ3v) is 5.57. The van der Waals surface area contributed by atoms with Crippen molar-refractivity contribution in [1.29, 1.82) is 0 Å². The monoisotopic (exact) mass is 404 g/mol. The van der Waals surface area contributed by atoms with Crippen molar-refractivity contribution < 1.29 is 8.42 Å². The minimum Gasteiger partial charge on any atom is -0.288 e. The highest BCUT2D eigenvalue weighted by Gasteiger charge is 2.12. The van der Waals surface area contributed by atoms with Crippen LogP contribution in [0.1, 0.15) is 16.8 Å². The Bertz CT molecular complexity index is 1310. The summed E-state index contributed by atoms with van der Waals surface area (Å²) in [5, 5.41) is 1.17. The molecule has 0 spiro atoms. The molecule has 0 atom stereocenters. The Kier molecular flexibility index (Phi) is 4.90. The van der Waals surface area contributed by atoms with Crippen LogP contribution in [0.3, 0.4) is 0 Å². The number of hydrogen-bond donors (Lipinski definition) is 1. The quantitative estimate of drug-likeness (QED) is 0.534. The number of nitrogens with one attached hydrogen (secondary N) is 1. The van der Waals surface area contributed by atoms with Gasteiger partial charge in [0.05, 0.1) is 11.1 Å². The Hall–Kier alpha value is -3.45.